The third-order valence-electron chi connectivity index (χ3n) is 4.97. The van der Waals surface area contributed by atoms with Gasteiger partial charge in [0.2, 0.25) is 0 Å². The molecule has 1 heterocycles. The van der Waals surface area contributed by atoms with Crippen molar-refractivity contribution in [1.82, 2.24) is 9.62 Å². The number of hydrogen-bond acceptors (Lipinski definition) is 7. The number of likely N-dealkylation sites (N-methyl/N-ethyl adjacent to an activating group) is 1. The zero-order valence-corrected chi connectivity index (χ0v) is 18.8. The van der Waals surface area contributed by atoms with E-state index in [1.807, 2.05) is 6.07 Å². The number of rotatable bonds is 11. The number of phenols is 1. The molecule has 0 bridgehead atoms. The quantitative estimate of drug-likeness (QED) is 0.357. The number of ether oxygens (including phenoxy) is 2. The van der Waals surface area contributed by atoms with Crippen LogP contribution in [0.5, 0.6) is 5.75 Å². The molecule has 0 radical (unpaired) electrons. The molecule has 0 aromatic heterocycles. The summed E-state index contributed by atoms with van der Waals surface area (Å²) in [5.41, 5.74) is 8.79. The zero-order chi connectivity index (χ0) is 21.3. The molecule has 1 atom stereocenters. The van der Waals surface area contributed by atoms with Crippen molar-refractivity contribution in [3.05, 3.63) is 58.1 Å². The Morgan fingerprint density at radius 2 is 1.90 bits per heavy atom. The fraction of sp³-hybridized carbons (Fsp3) is 0.455. The van der Waals surface area contributed by atoms with Gasteiger partial charge in [-0.3, -0.25) is 4.72 Å². The predicted octanol–water partition coefficient (Wildman–Crippen LogP) is 3.21. The van der Waals surface area contributed by atoms with Gasteiger partial charge in [-0.1, -0.05) is 23.7 Å². The van der Waals surface area contributed by atoms with Crippen LogP contribution >= 0.6 is 23.5 Å². The molecule has 0 aliphatic carbocycles. The van der Waals surface area contributed by atoms with Crippen molar-refractivity contribution in [2.75, 3.05) is 53.1 Å². The first kappa shape index (κ1) is 23.3. The smallest absolute Gasteiger partial charge is 0.117 e. The summed E-state index contributed by atoms with van der Waals surface area (Å²) < 4.78 is 14.1. The van der Waals surface area contributed by atoms with E-state index < -0.39 is 0 Å². The van der Waals surface area contributed by atoms with Crippen molar-refractivity contribution >= 4 is 23.5 Å². The molecule has 1 aliphatic rings. The van der Waals surface area contributed by atoms with Gasteiger partial charge in [-0.25, -0.2) is 0 Å². The Morgan fingerprint density at radius 1 is 1.17 bits per heavy atom. The highest BCUT2D eigenvalue weighted by atomic mass is 35.5. The molecule has 0 saturated carbocycles. The van der Waals surface area contributed by atoms with Crippen molar-refractivity contribution in [3.8, 4) is 5.75 Å². The van der Waals surface area contributed by atoms with Gasteiger partial charge in [0.25, 0.3) is 0 Å². The summed E-state index contributed by atoms with van der Waals surface area (Å²) in [5, 5.41) is 10.7. The molecule has 0 saturated heterocycles. The second kappa shape index (κ2) is 11.9. The number of aromatic hydroxyl groups is 1. The summed E-state index contributed by atoms with van der Waals surface area (Å²) in [6.45, 7) is 5.34. The molecule has 1 aliphatic heterocycles. The lowest BCUT2D eigenvalue weighted by molar-refractivity contribution is 0.0532. The van der Waals surface area contributed by atoms with Gasteiger partial charge in [0.1, 0.15) is 5.75 Å². The van der Waals surface area contributed by atoms with Crippen molar-refractivity contribution < 1.29 is 14.6 Å². The Morgan fingerprint density at radius 3 is 2.63 bits per heavy atom. The summed E-state index contributed by atoms with van der Waals surface area (Å²) in [6.07, 6.45) is 0. The lowest BCUT2D eigenvalue weighted by atomic mass is 9.84. The van der Waals surface area contributed by atoms with Crippen LogP contribution in [0.15, 0.2) is 41.3 Å². The summed E-state index contributed by atoms with van der Waals surface area (Å²) in [4.78, 5) is 3.41. The first-order chi connectivity index (χ1) is 14.6. The fourth-order valence-electron chi connectivity index (χ4n) is 3.57. The zero-order valence-electron chi connectivity index (χ0n) is 17.3. The first-order valence-electron chi connectivity index (χ1n) is 10.1. The van der Waals surface area contributed by atoms with Crippen LogP contribution in [-0.4, -0.2) is 63.1 Å². The minimum Gasteiger partial charge on any atom is -0.508 e. The topological polar surface area (TPSA) is 80.0 Å². The molecule has 3 rings (SSSR count). The Hall–Kier alpha value is -1.32. The maximum Gasteiger partial charge on any atom is 0.117 e. The average molecular weight is 452 g/mol. The van der Waals surface area contributed by atoms with Gasteiger partial charge < -0.3 is 25.2 Å². The third-order valence-corrected chi connectivity index (χ3v) is 6.16. The Labute approximate surface area is 187 Å². The molecular weight excluding hydrogens is 422 g/mol. The van der Waals surface area contributed by atoms with Crippen LogP contribution in [0, 0.1) is 0 Å². The molecule has 4 N–H and O–H groups in total. The normalized spacial score (nSPS) is 16.6. The van der Waals surface area contributed by atoms with Gasteiger partial charge in [-0.15, -0.1) is 0 Å². The monoisotopic (exact) mass is 451 g/mol. The van der Waals surface area contributed by atoms with Crippen LogP contribution in [-0.2, 0) is 16.0 Å². The highest BCUT2D eigenvalue weighted by Crippen LogP contribution is 2.39. The molecule has 0 fully saturated rings. The molecule has 0 amide bonds. The largest absolute Gasteiger partial charge is 0.508 e. The van der Waals surface area contributed by atoms with E-state index in [0.29, 0.717) is 38.0 Å². The Bertz CT molecular complexity index is 807. The average Bonchev–Trinajstić information content (AvgIpc) is 2.73. The van der Waals surface area contributed by atoms with Gasteiger partial charge in [-0.05, 0) is 60.0 Å². The number of nitrogens with zero attached hydrogens (tertiary/aromatic N) is 1. The molecule has 1 unspecified atom stereocenters. The number of fused-ring (bicyclic) bond motifs is 1. The van der Waals surface area contributed by atoms with Crippen molar-refractivity contribution in [1.29, 1.82) is 0 Å². The van der Waals surface area contributed by atoms with Gasteiger partial charge in [0.05, 0.1) is 26.4 Å². The van der Waals surface area contributed by atoms with E-state index in [4.69, 9.17) is 26.8 Å². The first-order valence-corrected chi connectivity index (χ1v) is 11.3. The van der Waals surface area contributed by atoms with Gasteiger partial charge >= 0.3 is 0 Å². The molecule has 6 nitrogen and oxygen atoms in total. The Kier molecular flexibility index (Phi) is 9.27. The predicted molar refractivity (Wildman–Crippen MR) is 122 cm³/mol. The summed E-state index contributed by atoms with van der Waals surface area (Å²) >= 11 is 7.98. The summed E-state index contributed by atoms with van der Waals surface area (Å²) in [7, 11) is 2.10. The van der Waals surface area contributed by atoms with Gasteiger partial charge in [0.15, 0.2) is 0 Å². The Balaban J connectivity index is 1.50. The summed E-state index contributed by atoms with van der Waals surface area (Å²) in [5.74, 6) is 0.406. The van der Waals surface area contributed by atoms with E-state index >= 15 is 0 Å². The van der Waals surface area contributed by atoms with E-state index in [1.54, 1.807) is 18.0 Å². The molecule has 2 aromatic carbocycles. The van der Waals surface area contributed by atoms with Crippen LogP contribution in [0.3, 0.4) is 0 Å². The lowest BCUT2D eigenvalue weighted by Gasteiger charge is -2.33. The maximum atomic E-state index is 10.0. The van der Waals surface area contributed by atoms with E-state index in [0.717, 1.165) is 35.7 Å². The van der Waals surface area contributed by atoms with Gasteiger partial charge in [-0.2, -0.15) is 0 Å². The van der Waals surface area contributed by atoms with E-state index in [-0.39, 0.29) is 11.7 Å². The van der Waals surface area contributed by atoms with Crippen LogP contribution in [0.2, 0.25) is 5.02 Å². The second-order valence-corrected chi connectivity index (χ2v) is 8.69. The van der Waals surface area contributed by atoms with Gasteiger partial charge in [0, 0.05) is 42.0 Å². The highest BCUT2D eigenvalue weighted by molar-refractivity contribution is 7.97. The van der Waals surface area contributed by atoms with Crippen LogP contribution in [0.25, 0.3) is 0 Å². The van der Waals surface area contributed by atoms with Crippen molar-refractivity contribution in [2.24, 2.45) is 5.73 Å². The maximum absolute atomic E-state index is 10.0. The number of nitrogens with two attached hydrogens (primary N) is 1. The number of nitrogens with one attached hydrogen (secondary N) is 1. The lowest BCUT2D eigenvalue weighted by Crippen LogP contribution is -2.31. The number of benzene rings is 2. The molecule has 164 valence electrons. The minimum absolute atomic E-state index is 0.185. The molecule has 2 aromatic rings. The summed E-state index contributed by atoms with van der Waals surface area (Å²) in [6, 6.07) is 12.0. The molecule has 30 heavy (non-hydrogen) atoms. The minimum atomic E-state index is 0.185. The standard InChI is InChI=1S/C22H30ClN3O3S/c1-26-14-20(19-12-17(27)13-22(23)21(19)15-26)16-2-4-18(5-3-16)30-25-7-9-29-11-10-28-8-6-24/h2-5,12-13,20,25,27H,6-11,14-15,24H2,1H3. The molecule has 0 spiro atoms. The van der Waals surface area contributed by atoms with E-state index in [2.05, 4.69) is 40.9 Å². The van der Waals surface area contributed by atoms with Crippen LogP contribution in [0.1, 0.15) is 22.6 Å². The van der Waals surface area contributed by atoms with Crippen LogP contribution in [0.4, 0.5) is 0 Å². The van der Waals surface area contributed by atoms with E-state index in [9.17, 15) is 5.11 Å². The van der Waals surface area contributed by atoms with E-state index in [1.165, 1.54) is 5.56 Å². The van der Waals surface area contributed by atoms with Crippen LogP contribution < -0.4 is 10.5 Å². The van der Waals surface area contributed by atoms with Crippen molar-refractivity contribution in [2.45, 2.75) is 17.4 Å². The van der Waals surface area contributed by atoms with Crippen molar-refractivity contribution in [3.63, 3.8) is 0 Å². The molecule has 8 heteroatoms. The highest BCUT2D eigenvalue weighted by Gasteiger charge is 2.27. The second-order valence-electron chi connectivity index (χ2n) is 7.32. The number of phenolic OH excluding ortho intramolecular Hbond substituents is 1. The fourth-order valence-corrected chi connectivity index (χ4v) is 4.48. The molecular formula is C22H30ClN3O3S. The number of hydrogen-bond donors (Lipinski definition) is 3. The SMILES string of the molecule is CN1Cc2c(Cl)cc(O)cc2C(c2ccc(SNCCOCCOCCN)cc2)C1. The number of halogens is 1. The third kappa shape index (κ3) is 6.59.